The Hall–Kier alpha value is -3.40. The normalized spacial score (nSPS) is 19.1. The van der Waals surface area contributed by atoms with Crippen molar-refractivity contribution in [1.82, 2.24) is 10.2 Å². The van der Waals surface area contributed by atoms with E-state index in [0.717, 1.165) is 5.56 Å². The van der Waals surface area contributed by atoms with Gasteiger partial charge in [0.1, 0.15) is 25.1 Å². The summed E-state index contributed by atoms with van der Waals surface area (Å²) in [6.07, 6.45) is -0.156. The van der Waals surface area contributed by atoms with Crippen LogP contribution in [0.2, 0.25) is 0 Å². The highest BCUT2D eigenvalue weighted by Gasteiger charge is 2.41. The van der Waals surface area contributed by atoms with E-state index in [2.05, 4.69) is 5.32 Å². The predicted octanol–water partition coefficient (Wildman–Crippen LogP) is 1.82. The minimum absolute atomic E-state index is 0.0129. The zero-order valence-corrected chi connectivity index (χ0v) is 25.4. The Kier molecular flexibility index (Phi) is 11.0. The lowest BCUT2D eigenvalue weighted by Gasteiger charge is -2.40. The monoisotopic (exact) mass is 696 g/mol. The lowest BCUT2D eigenvalue weighted by Crippen LogP contribution is -2.55. The number of hydrogen-bond acceptors (Lipinski definition) is 10. The van der Waals surface area contributed by atoms with E-state index < -0.39 is 30.1 Å². The molecule has 2 aliphatic rings. The molecule has 2 amide bonds. The average Bonchev–Trinajstić information content (AvgIpc) is 3.47. The molecule has 1 heterocycles. The quantitative estimate of drug-likeness (QED) is 0.209. The van der Waals surface area contributed by atoms with Crippen LogP contribution in [0.1, 0.15) is 29.3 Å². The number of methoxy groups -OCH3 is 1. The van der Waals surface area contributed by atoms with Crippen LogP contribution in [0.4, 0.5) is 0 Å². The van der Waals surface area contributed by atoms with Gasteiger partial charge in [-0.1, -0.05) is 6.07 Å². The van der Waals surface area contributed by atoms with Gasteiger partial charge in [-0.2, -0.15) is 0 Å². The Morgan fingerprint density at radius 3 is 2.71 bits per heavy atom. The molecule has 2 aromatic carbocycles. The van der Waals surface area contributed by atoms with E-state index in [4.69, 9.17) is 23.7 Å². The second-order valence-electron chi connectivity index (χ2n) is 9.51. The fourth-order valence-corrected chi connectivity index (χ4v) is 5.49. The summed E-state index contributed by atoms with van der Waals surface area (Å²) in [7, 11) is 1.43. The van der Waals surface area contributed by atoms with Crippen LogP contribution in [0.15, 0.2) is 42.0 Å². The molecule has 2 aromatic rings. The summed E-state index contributed by atoms with van der Waals surface area (Å²) < 4.78 is 28.5. The molecule has 3 unspecified atom stereocenters. The van der Waals surface area contributed by atoms with E-state index in [0.29, 0.717) is 33.5 Å². The second kappa shape index (κ2) is 14.7. The van der Waals surface area contributed by atoms with Crippen LogP contribution >= 0.6 is 22.6 Å². The summed E-state index contributed by atoms with van der Waals surface area (Å²) in [5.41, 5.74) is 1.36. The number of halogens is 1. The molecule has 0 saturated carbocycles. The molecule has 0 fully saturated rings. The Labute approximate surface area is 256 Å². The van der Waals surface area contributed by atoms with Crippen molar-refractivity contribution in [2.75, 3.05) is 40.3 Å². The molecule has 4 rings (SSSR count). The number of carbonyl (C=O) groups is 3. The largest absolute Gasteiger partial charge is 0.493 e. The van der Waals surface area contributed by atoms with E-state index >= 15 is 0 Å². The molecule has 0 saturated heterocycles. The van der Waals surface area contributed by atoms with Crippen molar-refractivity contribution in [2.24, 2.45) is 0 Å². The van der Waals surface area contributed by atoms with Crippen molar-refractivity contribution in [3.8, 4) is 23.0 Å². The van der Waals surface area contributed by atoms with Crippen LogP contribution in [0.5, 0.6) is 23.0 Å². The van der Waals surface area contributed by atoms with Crippen LogP contribution in [0.25, 0.3) is 0 Å². The molecule has 226 valence electrons. The topological polar surface area (TPSA) is 153 Å². The van der Waals surface area contributed by atoms with Gasteiger partial charge in [-0.05, 0) is 65.4 Å². The number of aliphatic hydroxyl groups is 2. The first kappa shape index (κ1) is 31.5. The molecule has 0 bridgehead atoms. The van der Waals surface area contributed by atoms with Gasteiger partial charge >= 0.3 is 0 Å². The van der Waals surface area contributed by atoms with Gasteiger partial charge in [0.15, 0.2) is 23.0 Å². The van der Waals surface area contributed by atoms with Gasteiger partial charge in [-0.3, -0.25) is 14.4 Å². The van der Waals surface area contributed by atoms with Crippen molar-refractivity contribution in [2.45, 2.75) is 38.1 Å². The van der Waals surface area contributed by atoms with Crippen molar-refractivity contribution in [3.05, 3.63) is 56.7 Å². The molecule has 12 nitrogen and oxygen atoms in total. The Morgan fingerprint density at radius 2 is 2.00 bits per heavy atom. The maximum atomic E-state index is 13.5. The molecule has 1 aliphatic carbocycles. The number of aldehydes is 1. The summed E-state index contributed by atoms with van der Waals surface area (Å²) >= 11 is 2.00. The van der Waals surface area contributed by atoms with Crippen LogP contribution < -0.4 is 24.3 Å². The maximum absolute atomic E-state index is 13.5. The number of ether oxygens (including phenoxy) is 5. The lowest BCUT2D eigenvalue weighted by molar-refractivity contribution is -0.144. The number of nitrogens with zero attached hydrogens (tertiary/aromatic N) is 1. The maximum Gasteiger partial charge on any atom is 0.249 e. The number of fused-ring (bicyclic) bond motifs is 1. The van der Waals surface area contributed by atoms with E-state index in [1.807, 2.05) is 22.6 Å². The summed E-state index contributed by atoms with van der Waals surface area (Å²) in [4.78, 5) is 39.4. The summed E-state index contributed by atoms with van der Waals surface area (Å²) in [6, 6.07) is 7.52. The van der Waals surface area contributed by atoms with Gasteiger partial charge in [-0.15, -0.1) is 0 Å². The Balaban J connectivity index is 1.71. The average molecular weight is 696 g/mol. The number of aliphatic hydroxyl groups excluding tert-OH is 2. The highest BCUT2D eigenvalue weighted by atomic mass is 127. The molecule has 1 aliphatic heterocycles. The molecule has 13 heteroatoms. The molecule has 0 radical (unpaired) electrons. The smallest absolute Gasteiger partial charge is 0.249 e. The van der Waals surface area contributed by atoms with Gasteiger partial charge in [0.05, 0.1) is 23.3 Å². The summed E-state index contributed by atoms with van der Waals surface area (Å²) in [5, 5.41) is 23.5. The number of benzene rings is 2. The van der Waals surface area contributed by atoms with Gasteiger partial charge in [0, 0.05) is 37.3 Å². The molecule has 3 N–H and O–H groups in total. The van der Waals surface area contributed by atoms with Crippen LogP contribution in [0, 0.1) is 3.57 Å². The number of rotatable bonds is 13. The number of carbonyl (C=O) groups excluding carboxylic acids is 3. The van der Waals surface area contributed by atoms with Crippen LogP contribution in [-0.2, 0) is 20.9 Å². The number of nitrogens with one attached hydrogen (secondary N) is 1. The minimum atomic E-state index is -1.27. The van der Waals surface area contributed by atoms with Gasteiger partial charge in [-0.25, -0.2) is 0 Å². The molecule has 42 heavy (non-hydrogen) atoms. The first-order valence-electron chi connectivity index (χ1n) is 13.3. The highest BCUT2D eigenvalue weighted by Crippen LogP contribution is 2.38. The minimum Gasteiger partial charge on any atom is -0.493 e. The zero-order valence-electron chi connectivity index (χ0n) is 23.2. The third-order valence-electron chi connectivity index (χ3n) is 6.80. The van der Waals surface area contributed by atoms with Crippen molar-refractivity contribution in [1.29, 1.82) is 0 Å². The predicted molar refractivity (Wildman–Crippen MR) is 158 cm³/mol. The fraction of sp³-hybridized carbons (Fsp3) is 0.414. The third kappa shape index (κ3) is 7.32. The van der Waals surface area contributed by atoms with E-state index in [9.17, 15) is 24.6 Å². The van der Waals surface area contributed by atoms with Crippen molar-refractivity contribution in [3.63, 3.8) is 0 Å². The Bertz CT molecular complexity index is 1330. The van der Waals surface area contributed by atoms with Crippen molar-refractivity contribution < 1.29 is 48.3 Å². The number of amides is 2. The highest BCUT2D eigenvalue weighted by molar-refractivity contribution is 14.1. The molecular weight excluding hydrogens is 663 g/mol. The molecule has 0 aromatic heterocycles. The SMILES string of the molecule is CCOCC(=O)N(Cc1ccc2c(c1)OCO2)C1CC(C(=O)NCCO)=CC(Oc2c(I)cc(C=O)cc2OC)C1O. The summed E-state index contributed by atoms with van der Waals surface area (Å²) in [6.45, 7) is 1.80. The first-order chi connectivity index (χ1) is 20.3. The van der Waals surface area contributed by atoms with Gasteiger partial charge in [0.2, 0.25) is 18.6 Å². The summed E-state index contributed by atoms with van der Waals surface area (Å²) in [5.74, 6) is 0.807. The Morgan fingerprint density at radius 1 is 1.21 bits per heavy atom. The van der Waals surface area contributed by atoms with Gasteiger partial charge in [0.25, 0.3) is 0 Å². The van der Waals surface area contributed by atoms with E-state index in [1.165, 1.54) is 24.2 Å². The fourth-order valence-electron chi connectivity index (χ4n) is 4.74. The molecular formula is C29H33IN2O10. The van der Waals surface area contributed by atoms with E-state index in [-0.39, 0.29) is 56.6 Å². The first-order valence-corrected chi connectivity index (χ1v) is 14.4. The molecule has 3 atom stereocenters. The number of hydrogen-bond donors (Lipinski definition) is 3. The third-order valence-corrected chi connectivity index (χ3v) is 7.60. The van der Waals surface area contributed by atoms with Crippen LogP contribution in [0.3, 0.4) is 0 Å². The van der Waals surface area contributed by atoms with Crippen LogP contribution in [-0.4, -0.2) is 91.7 Å². The van der Waals surface area contributed by atoms with Crippen molar-refractivity contribution >= 4 is 40.7 Å². The standard InChI is InChI=1S/C29H33IN2O10/c1-3-39-15-26(35)32(13-17-4-5-22-23(9-17)41-16-40-22)21-11-19(29(37)31-6-7-33)12-24(27(21)36)42-28-20(30)8-18(14-34)10-25(28)38-2/h4-5,8-10,12,14,21,24,27,33,36H,3,6-7,11,13,15-16H2,1-2H3,(H,31,37). The van der Waals surface area contributed by atoms with Gasteiger partial charge < -0.3 is 44.1 Å². The lowest BCUT2D eigenvalue weighted by atomic mass is 9.87. The zero-order chi connectivity index (χ0) is 30.2. The van der Waals surface area contributed by atoms with E-state index in [1.54, 1.807) is 31.2 Å². The molecule has 0 spiro atoms. The second-order valence-corrected chi connectivity index (χ2v) is 10.7.